The zero-order valence-electron chi connectivity index (χ0n) is 12.8. The van der Waals surface area contributed by atoms with E-state index in [0.717, 1.165) is 17.0 Å². The Morgan fingerprint density at radius 1 is 1.08 bits per heavy atom. The molecule has 5 heteroatoms. The third kappa shape index (κ3) is 2.13. The van der Waals surface area contributed by atoms with E-state index in [4.69, 9.17) is 4.74 Å². The van der Waals surface area contributed by atoms with Gasteiger partial charge in [-0.2, -0.15) is 5.01 Å². The van der Waals surface area contributed by atoms with E-state index in [1.165, 1.54) is 10.4 Å². The van der Waals surface area contributed by atoms with Gasteiger partial charge in [0, 0.05) is 23.5 Å². The third-order valence-electron chi connectivity index (χ3n) is 4.36. The molecule has 4 nitrogen and oxygen atoms in total. The maximum Gasteiger partial charge on any atom is 0.197 e. The molecule has 0 amide bonds. The van der Waals surface area contributed by atoms with E-state index in [1.54, 1.807) is 17.5 Å². The minimum absolute atomic E-state index is 0.136. The van der Waals surface area contributed by atoms with Crippen LogP contribution in [0.25, 0.3) is 5.70 Å². The molecule has 2 unspecified atom stereocenters. The Bertz CT molecular complexity index is 892. The van der Waals surface area contributed by atoms with Gasteiger partial charge in [0.15, 0.2) is 6.23 Å². The number of benzene rings is 1. The largest absolute Gasteiger partial charge is 0.469 e. The van der Waals surface area contributed by atoms with Crippen molar-refractivity contribution in [3.05, 3.63) is 88.4 Å². The highest BCUT2D eigenvalue weighted by atomic mass is 32.1. The number of hydrazine groups is 1. The van der Waals surface area contributed by atoms with E-state index in [-0.39, 0.29) is 12.3 Å². The van der Waals surface area contributed by atoms with Crippen LogP contribution < -0.4 is 10.2 Å². The lowest BCUT2D eigenvalue weighted by Crippen LogP contribution is -2.43. The minimum atomic E-state index is -0.215. The van der Waals surface area contributed by atoms with Crippen LogP contribution in [0.3, 0.4) is 0 Å². The highest BCUT2D eigenvalue weighted by Crippen LogP contribution is 2.45. The number of para-hydroxylation sites is 1. The number of nitrogens with zero attached hydrogens (tertiary/aromatic N) is 2. The number of fused-ring (bicyclic) bond motifs is 3. The Morgan fingerprint density at radius 3 is 2.88 bits per heavy atom. The van der Waals surface area contributed by atoms with Crippen molar-refractivity contribution in [2.75, 3.05) is 0 Å². The van der Waals surface area contributed by atoms with Crippen molar-refractivity contribution < 1.29 is 4.74 Å². The number of hydrogen-bond acceptors (Lipinski definition) is 5. The molecular formula is C19H15N3OS. The Morgan fingerprint density at radius 2 is 2.04 bits per heavy atom. The Hall–Kier alpha value is -2.63. The normalized spacial score (nSPS) is 22.1. The number of ether oxygens (including phenoxy) is 1. The fourth-order valence-corrected chi connectivity index (χ4v) is 3.96. The van der Waals surface area contributed by atoms with Crippen LogP contribution in [0.15, 0.2) is 72.4 Å². The molecule has 0 saturated carbocycles. The number of hydrogen-bond donors (Lipinski definition) is 1. The van der Waals surface area contributed by atoms with Gasteiger partial charge in [0.05, 0.1) is 16.6 Å². The van der Waals surface area contributed by atoms with Crippen molar-refractivity contribution in [3.8, 4) is 5.75 Å². The lowest BCUT2D eigenvalue weighted by atomic mass is 10.0. The topological polar surface area (TPSA) is 37.4 Å². The minimum Gasteiger partial charge on any atom is -0.469 e. The molecule has 118 valence electrons. The summed E-state index contributed by atoms with van der Waals surface area (Å²) in [6.07, 6.45) is 5.70. The van der Waals surface area contributed by atoms with E-state index in [0.29, 0.717) is 0 Å². The second kappa shape index (κ2) is 5.47. The SMILES string of the molecule is C1=C(c2cccs2)NN2C1c1ccccc1OC2c1cccnc1. The first-order valence-electron chi connectivity index (χ1n) is 7.86. The van der Waals surface area contributed by atoms with Gasteiger partial charge in [0.2, 0.25) is 0 Å². The van der Waals surface area contributed by atoms with Gasteiger partial charge in [-0.05, 0) is 29.7 Å². The Labute approximate surface area is 144 Å². The van der Waals surface area contributed by atoms with Crippen LogP contribution >= 0.6 is 11.3 Å². The summed E-state index contributed by atoms with van der Waals surface area (Å²) >= 11 is 1.73. The van der Waals surface area contributed by atoms with Crippen LogP contribution in [0.2, 0.25) is 0 Å². The number of pyridine rings is 1. The smallest absolute Gasteiger partial charge is 0.197 e. The molecular weight excluding hydrogens is 318 g/mol. The molecule has 0 saturated heterocycles. The van der Waals surface area contributed by atoms with Gasteiger partial charge in [-0.15, -0.1) is 11.3 Å². The van der Waals surface area contributed by atoms with E-state index >= 15 is 0 Å². The van der Waals surface area contributed by atoms with Crippen molar-refractivity contribution in [1.29, 1.82) is 0 Å². The molecule has 3 aromatic rings. The van der Waals surface area contributed by atoms with Crippen molar-refractivity contribution in [1.82, 2.24) is 15.4 Å². The number of thiophene rings is 1. The number of rotatable bonds is 2. The molecule has 4 heterocycles. The highest BCUT2D eigenvalue weighted by molar-refractivity contribution is 7.11. The maximum atomic E-state index is 6.29. The van der Waals surface area contributed by atoms with E-state index in [2.05, 4.69) is 51.1 Å². The predicted octanol–water partition coefficient (Wildman–Crippen LogP) is 4.14. The summed E-state index contributed by atoms with van der Waals surface area (Å²) in [4.78, 5) is 5.48. The molecule has 0 fully saturated rings. The van der Waals surface area contributed by atoms with Gasteiger partial charge in [0.25, 0.3) is 0 Å². The molecule has 1 N–H and O–H groups in total. The fraction of sp³-hybridized carbons (Fsp3) is 0.105. The van der Waals surface area contributed by atoms with E-state index in [9.17, 15) is 0 Å². The quantitative estimate of drug-likeness (QED) is 0.765. The van der Waals surface area contributed by atoms with Crippen molar-refractivity contribution in [2.45, 2.75) is 12.3 Å². The summed E-state index contributed by atoms with van der Waals surface area (Å²) < 4.78 is 6.29. The van der Waals surface area contributed by atoms with Crippen LogP contribution in [-0.2, 0) is 0 Å². The van der Waals surface area contributed by atoms with Gasteiger partial charge in [-0.3, -0.25) is 4.98 Å². The zero-order valence-corrected chi connectivity index (χ0v) is 13.6. The highest BCUT2D eigenvalue weighted by Gasteiger charge is 2.40. The van der Waals surface area contributed by atoms with Gasteiger partial charge >= 0.3 is 0 Å². The molecule has 0 bridgehead atoms. The molecule has 2 aliphatic heterocycles. The Kier molecular flexibility index (Phi) is 3.14. The van der Waals surface area contributed by atoms with Crippen LogP contribution in [0.1, 0.15) is 28.3 Å². The second-order valence-corrected chi connectivity index (χ2v) is 6.76. The summed E-state index contributed by atoms with van der Waals surface area (Å²) in [5.74, 6) is 0.929. The average Bonchev–Trinajstić information content (AvgIpc) is 3.31. The molecule has 24 heavy (non-hydrogen) atoms. The van der Waals surface area contributed by atoms with Crippen LogP contribution in [0.5, 0.6) is 5.75 Å². The first kappa shape index (κ1) is 13.8. The van der Waals surface area contributed by atoms with E-state index in [1.807, 2.05) is 30.5 Å². The third-order valence-corrected chi connectivity index (χ3v) is 5.26. The summed E-state index contributed by atoms with van der Waals surface area (Å²) in [7, 11) is 0. The van der Waals surface area contributed by atoms with Crippen molar-refractivity contribution in [3.63, 3.8) is 0 Å². The first-order valence-corrected chi connectivity index (χ1v) is 8.74. The Balaban J connectivity index is 1.61. The van der Waals surface area contributed by atoms with Crippen LogP contribution in [-0.4, -0.2) is 9.99 Å². The molecule has 2 atom stereocenters. The predicted molar refractivity (Wildman–Crippen MR) is 94.1 cm³/mol. The van der Waals surface area contributed by atoms with Gasteiger partial charge < -0.3 is 10.2 Å². The average molecular weight is 333 g/mol. The van der Waals surface area contributed by atoms with Crippen LogP contribution in [0.4, 0.5) is 0 Å². The number of aromatic nitrogens is 1. The lowest BCUT2D eigenvalue weighted by molar-refractivity contribution is -0.0328. The second-order valence-electron chi connectivity index (χ2n) is 5.82. The standard InChI is InChI=1S/C19H15N3OS/c1-2-7-17-14(6-1)16-11-15(18-8-4-10-24-18)21-22(16)19(23-17)13-5-3-9-20-12-13/h1-12,16,19,21H. The molecule has 2 aromatic heterocycles. The summed E-state index contributed by atoms with van der Waals surface area (Å²) in [5, 5.41) is 4.26. The molecule has 2 aliphatic rings. The van der Waals surface area contributed by atoms with E-state index < -0.39 is 0 Å². The summed E-state index contributed by atoms with van der Waals surface area (Å²) in [6.45, 7) is 0. The van der Waals surface area contributed by atoms with Gasteiger partial charge in [0.1, 0.15) is 5.75 Å². The molecule has 0 radical (unpaired) electrons. The molecule has 5 rings (SSSR count). The summed E-state index contributed by atoms with van der Waals surface area (Å²) in [5.41, 5.74) is 6.88. The van der Waals surface area contributed by atoms with Gasteiger partial charge in [-0.25, -0.2) is 0 Å². The number of nitrogens with one attached hydrogen (secondary N) is 1. The molecule has 0 spiro atoms. The zero-order chi connectivity index (χ0) is 15.9. The lowest BCUT2D eigenvalue weighted by Gasteiger charge is -2.38. The molecule has 0 aliphatic carbocycles. The van der Waals surface area contributed by atoms with Crippen LogP contribution in [0, 0.1) is 0 Å². The molecule has 1 aromatic carbocycles. The fourth-order valence-electron chi connectivity index (χ4n) is 3.26. The van der Waals surface area contributed by atoms with Gasteiger partial charge in [-0.1, -0.05) is 30.3 Å². The monoisotopic (exact) mass is 333 g/mol. The van der Waals surface area contributed by atoms with Crippen molar-refractivity contribution in [2.24, 2.45) is 0 Å². The summed E-state index contributed by atoms with van der Waals surface area (Å²) in [6, 6.07) is 16.6. The van der Waals surface area contributed by atoms with Crippen molar-refractivity contribution >= 4 is 17.0 Å². The maximum absolute atomic E-state index is 6.29. The first-order chi connectivity index (χ1) is 11.9.